The number of thiophene rings is 1. The second-order valence-corrected chi connectivity index (χ2v) is 11.7. The molecule has 3 aromatic rings. The molecule has 3 N–H and O–H groups in total. The van der Waals surface area contributed by atoms with E-state index >= 15 is 0 Å². The lowest BCUT2D eigenvalue weighted by Gasteiger charge is -2.14. The van der Waals surface area contributed by atoms with Gasteiger partial charge in [-0.1, -0.05) is 30.0 Å². The predicted octanol–water partition coefficient (Wildman–Crippen LogP) is 5.31. The number of thiocarbonyl (C=S) groups is 1. The van der Waals surface area contributed by atoms with Crippen molar-refractivity contribution in [1.29, 1.82) is 0 Å². The first-order chi connectivity index (χ1) is 20.3. The molecule has 1 atom stereocenters. The van der Waals surface area contributed by atoms with Crippen LogP contribution >= 0.6 is 35.3 Å². The number of benzene rings is 2. The number of rotatable bonds is 10. The molecule has 15 heteroatoms. The van der Waals surface area contributed by atoms with Gasteiger partial charge in [-0.05, 0) is 65.0 Å². The van der Waals surface area contributed by atoms with Crippen LogP contribution in [0.2, 0.25) is 0 Å². The summed E-state index contributed by atoms with van der Waals surface area (Å²) in [6, 6.07) is 10.1. The number of nitrogens with one attached hydrogen (secondary N) is 1. The standard InChI is InChI=1S/C28H22F4N2O6S3/c29-22-6-3-16(10-21(22)28(30,31)32)17-9-20(42-14-17)11-23-25(38)34(27(41)43-23)8-7-24(37)33-18-4-1-15(2-5-18)26(39)40-13-19(36)12-35/h1-6,9-11,14,19,35-36H,7-8,12-13H2,(H,33,37)/b23-11-. The number of anilines is 1. The Bertz CT molecular complexity index is 1570. The molecule has 2 heterocycles. The van der Waals surface area contributed by atoms with E-state index in [4.69, 9.17) is 22.1 Å². The van der Waals surface area contributed by atoms with Crippen LogP contribution in [0.3, 0.4) is 0 Å². The van der Waals surface area contributed by atoms with Gasteiger partial charge < -0.3 is 20.3 Å². The molecule has 1 aliphatic rings. The third kappa shape index (κ3) is 8.26. The van der Waals surface area contributed by atoms with Gasteiger partial charge in [0.2, 0.25) is 5.91 Å². The number of nitrogens with zero attached hydrogens (tertiary/aromatic N) is 1. The lowest BCUT2D eigenvalue weighted by Crippen LogP contribution is -2.31. The number of alkyl halides is 3. The molecule has 8 nitrogen and oxygen atoms in total. The van der Waals surface area contributed by atoms with Crippen LogP contribution in [0.1, 0.15) is 27.2 Å². The molecule has 2 amide bonds. The van der Waals surface area contributed by atoms with Crippen molar-refractivity contribution in [2.24, 2.45) is 0 Å². The molecule has 0 radical (unpaired) electrons. The zero-order valence-electron chi connectivity index (χ0n) is 21.9. The molecule has 2 aromatic carbocycles. The fraction of sp³-hybridized carbons (Fsp3) is 0.214. The van der Waals surface area contributed by atoms with E-state index in [1.165, 1.54) is 46.6 Å². The molecule has 4 rings (SSSR count). The van der Waals surface area contributed by atoms with Crippen molar-refractivity contribution in [2.45, 2.75) is 18.7 Å². The molecule has 1 saturated heterocycles. The van der Waals surface area contributed by atoms with Crippen LogP contribution in [0.25, 0.3) is 17.2 Å². The van der Waals surface area contributed by atoms with Crippen molar-refractivity contribution in [3.8, 4) is 11.1 Å². The molecule has 226 valence electrons. The van der Waals surface area contributed by atoms with Gasteiger partial charge in [0, 0.05) is 23.5 Å². The number of ether oxygens (including phenoxy) is 1. The van der Waals surface area contributed by atoms with Crippen LogP contribution in [-0.2, 0) is 20.5 Å². The molecule has 1 aromatic heterocycles. The molecule has 0 spiro atoms. The zero-order valence-corrected chi connectivity index (χ0v) is 24.3. The van der Waals surface area contributed by atoms with Crippen molar-refractivity contribution in [1.82, 2.24) is 4.90 Å². The maximum atomic E-state index is 13.7. The average Bonchev–Trinajstić information content (AvgIpc) is 3.53. The van der Waals surface area contributed by atoms with E-state index in [0.717, 1.165) is 23.9 Å². The van der Waals surface area contributed by atoms with Crippen LogP contribution in [-0.4, -0.2) is 63.1 Å². The van der Waals surface area contributed by atoms with Gasteiger partial charge in [0.25, 0.3) is 5.91 Å². The van der Waals surface area contributed by atoms with Crippen molar-refractivity contribution < 1.29 is 46.9 Å². The molecular formula is C28H22F4N2O6S3. The number of esters is 1. The molecule has 1 fully saturated rings. The summed E-state index contributed by atoms with van der Waals surface area (Å²) >= 11 is 7.52. The highest BCUT2D eigenvalue weighted by Gasteiger charge is 2.35. The second kappa shape index (κ2) is 13.8. The number of hydrogen-bond acceptors (Lipinski definition) is 9. The Morgan fingerprint density at radius 1 is 1.12 bits per heavy atom. The lowest BCUT2D eigenvalue weighted by atomic mass is 10.0. The summed E-state index contributed by atoms with van der Waals surface area (Å²) < 4.78 is 58.0. The minimum atomic E-state index is -4.84. The number of halogens is 4. The number of hydrogen-bond donors (Lipinski definition) is 3. The van der Waals surface area contributed by atoms with E-state index in [9.17, 15) is 37.1 Å². The van der Waals surface area contributed by atoms with Crippen LogP contribution in [0.4, 0.5) is 23.2 Å². The molecule has 0 saturated carbocycles. The monoisotopic (exact) mass is 654 g/mol. The van der Waals surface area contributed by atoms with E-state index < -0.39 is 48.1 Å². The van der Waals surface area contributed by atoms with Gasteiger partial charge in [0.05, 0.1) is 22.6 Å². The zero-order chi connectivity index (χ0) is 31.3. The van der Waals surface area contributed by atoms with E-state index in [2.05, 4.69) is 5.32 Å². The summed E-state index contributed by atoms with van der Waals surface area (Å²) in [6.45, 7) is -0.915. The highest BCUT2D eigenvalue weighted by Crippen LogP contribution is 2.37. The van der Waals surface area contributed by atoms with Crippen molar-refractivity contribution in [2.75, 3.05) is 25.1 Å². The van der Waals surface area contributed by atoms with Crippen LogP contribution in [0.5, 0.6) is 0 Å². The number of aliphatic hydroxyl groups is 2. The number of carbonyl (C=O) groups is 3. The number of amides is 2. The summed E-state index contributed by atoms with van der Waals surface area (Å²) in [5, 5.41) is 22.3. The maximum absolute atomic E-state index is 13.7. The predicted molar refractivity (Wildman–Crippen MR) is 158 cm³/mol. The van der Waals surface area contributed by atoms with Crippen molar-refractivity contribution in [3.63, 3.8) is 0 Å². The normalized spacial score (nSPS) is 15.2. The summed E-state index contributed by atoms with van der Waals surface area (Å²) in [5.74, 6) is -2.91. The van der Waals surface area contributed by atoms with E-state index in [1.54, 1.807) is 17.5 Å². The third-order valence-corrected chi connectivity index (χ3v) is 8.21. The largest absolute Gasteiger partial charge is 0.459 e. The molecule has 0 bridgehead atoms. The fourth-order valence-electron chi connectivity index (χ4n) is 3.76. The molecule has 1 unspecified atom stereocenters. The van der Waals surface area contributed by atoms with Gasteiger partial charge in [-0.3, -0.25) is 14.5 Å². The highest BCUT2D eigenvalue weighted by atomic mass is 32.2. The average molecular weight is 655 g/mol. The minimum absolute atomic E-state index is 0.00305. The number of thioether (sulfide) groups is 1. The fourth-order valence-corrected chi connectivity index (χ4v) is 5.98. The SMILES string of the molecule is O=C(CCN1C(=O)/C(=C/c2cc(-c3ccc(F)c(C(F)(F)F)c3)cs2)SC1=S)Nc1ccc(C(=O)OCC(O)CO)cc1. The Labute approximate surface area is 256 Å². The van der Waals surface area contributed by atoms with Crippen LogP contribution in [0.15, 0.2) is 58.8 Å². The Hall–Kier alpha value is -3.63. The number of carbonyl (C=O) groups excluding carboxylic acids is 3. The Kier molecular flexibility index (Phi) is 10.3. The van der Waals surface area contributed by atoms with E-state index in [0.29, 0.717) is 16.1 Å². The third-order valence-electron chi connectivity index (χ3n) is 5.96. The van der Waals surface area contributed by atoms with E-state index in [-0.39, 0.29) is 39.9 Å². The van der Waals surface area contributed by atoms with Crippen molar-refractivity contribution >= 4 is 69.2 Å². The first kappa shape index (κ1) is 32.3. The smallest absolute Gasteiger partial charge is 0.419 e. The van der Waals surface area contributed by atoms with Crippen LogP contribution < -0.4 is 5.32 Å². The summed E-state index contributed by atoms with van der Waals surface area (Å²) in [5.41, 5.74) is -0.195. The first-order valence-corrected chi connectivity index (χ1v) is 14.5. The number of aliphatic hydroxyl groups excluding tert-OH is 2. The van der Waals surface area contributed by atoms with Crippen LogP contribution in [0, 0.1) is 5.82 Å². The maximum Gasteiger partial charge on any atom is 0.419 e. The second-order valence-electron chi connectivity index (χ2n) is 9.07. The van der Waals surface area contributed by atoms with Gasteiger partial charge in [-0.25, -0.2) is 9.18 Å². The molecule has 0 aliphatic carbocycles. The summed E-state index contributed by atoms with van der Waals surface area (Å²) in [6.07, 6.45) is -4.55. The van der Waals surface area contributed by atoms with Crippen molar-refractivity contribution in [3.05, 3.63) is 80.6 Å². The topological polar surface area (TPSA) is 116 Å². The van der Waals surface area contributed by atoms with Gasteiger partial charge in [-0.2, -0.15) is 13.2 Å². The molecular weight excluding hydrogens is 633 g/mol. The van der Waals surface area contributed by atoms with E-state index in [1.807, 2.05) is 0 Å². The Morgan fingerprint density at radius 2 is 1.84 bits per heavy atom. The summed E-state index contributed by atoms with van der Waals surface area (Å²) in [4.78, 5) is 39.5. The summed E-state index contributed by atoms with van der Waals surface area (Å²) in [7, 11) is 0. The lowest BCUT2D eigenvalue weighted by molar-refractivity contribution is -0.140. The first-order valence-electron chi connectivity index (χ1n) is 12.4. The molecule has 1 aliphatic heterocycles. The highest BCUT2D eigenvalue weighted by molar-refractivity contribution is 8.26. The Balaban J connectivity index is 1.33. The quantitative estimate of drug-likeness (QED) is 0.117. The van der Waals surface area contributed by atoms with Gasteiger partial charge in [0.15, 0.2) is 0 Å². The molecule has 43 heavy (non-hydrogen) atoms. The minimum Gasteiger partial charge on any atom is -0.459 e. The van der Waals surface area contributed by atoms with Gasteiger partial charge in [-0.15, -0.1) is 11.3 Å². The Morgan fingerprint density at radius 3 is 2.51 bits per heavy atom. The van der Waals surface area contributed by atoms with Gasteiger partial charge in [0.1, 0.15) is 22.8 Å². The van der Waals surface area contributed by atoms with Gasteiger partial charge >= 0.3 is 12.1 Å².